The Bertz CT molecular complexity index is 616. The minimum absolute atomic E-state index is 0.160. The molecular formula is C13H16N4O2. The maximum Gasteiger partial charge on any atom is 0.135 e. The molecule has 2 aromatic rings. The lowest BCUT2D eigenvalue weighted by atomic mass is 10.00. The zero-order chi connectivity index (χ0) is 12.8. The first-order chi connectivity index (χ1) is 9.36. The fourth-order valence-corrected chi connectivity index (χ4v) is 3.09. The molecule has 0 radical (unpaired) electrons. The predicted octanol–water partition coefficient (Wildman–Crippen LogP) is 0.348. The van der Waals surface area contributed by atoms with Gasteiger partial charge in [-0.05, 0) is 6.42 Å². The van der Waals surface area contributed by atoms with Gasteiger partial charge < -0.3 is 14.9 Å². The Kier molecular flexibility index (Phi) is 2.46. The summed E-state index contributed by atoms with van der Waals surface area (Å²) in [7, 11) is 0. The highest BCUT2D eigenvalue weighted by atomic mass is 16.5. The van der Waals surface area contributed by atoms with Crippen LogP contribution in [0.25, 0.3) is 11.4 Å². The van der Waals surface area contributed by atoms with Crippen LogP contribution in [0.5, 0.6) is 0 Å². The molecule has 0 saturated carbocycles. The van der Waals surface area contributed by atoms with E-state index in [0.29, 0.717) is 0 Å². The number of aliphatic hydroxyl groups excluding tert-OH is 1. The molecule has 2 N–H and O–H groups in total. The maximum atomic E-state index is 9.50. The van der Waals surface area contributed by atoms with E-state index in [4.69, 9.17) is 9.62 Å². The van der Waals surface area contributed by atoms with Crippen LogP contribution in [0.2, 0.25) is 0 Å². The highest BCUT2D eigenvalue weighted by Gasteiger charge is 2.30. The highest BCUT2D eigenvalue weighted by Crippen LogP contribution is 2.34. The fourth-order valence-electron chi connectivity index (χ4n) is 3.09. The summed E-state index contributed by atoms with van der Waals surface area (Å²) >= 11 is 0. The Morgan fingerprint density at radius 1 is 1.53 bits per heavy atom. The molecule has 2 aliphatic heterocycles. The number of rotatable bonds is 1. The first-order valence-corrected chi connectivity index (χ1v) is 6.70. The molecule has 6 nitrogen and oxygen atoms in total. The second-order valence-corrected chi connectivity index (χ2v) is 5.32. The van der Waals surface area contributed by atoms with Crippen LogP contribution in [0.1, 0.15) is 16.8 Å². The number of nitrogens with one attached hydrogen (secondary N) is 1. The summed E-state index contributed by atoms with van der Waals surface area (Å²) in [6.45, 7) is 2.71. The van der Waals surface area contributed by atoms with Crippen LogP contribution < -0.4 is 5.32 Å². The van der Waals surface area contributed by atoms with Gasteiger partial charge in [-0.15, -0.1) is 0 Å². The smallest absolute Gasteiger partial charge is 0.135 e. The van der Waals surface area contributed by atoms with Crippen molar-refractivity contribution in [3.05, 3.63) is 23.1 Å². The van der Waals surface area contributed by atoms with Gasteiger partial charge in [0, 0.05) is 49.7 Å². The average molecular weight is 260 g/mol. The lowest BCUT2D eigenvalue weighted by Gasteiger charge is -2.12. The van der Waals surface area contributed by atoms with Crippen LogP contribution >= 0.6 is 0 Å². The molecule has 4 heterocycles. The van der Waals surface area contributed by atoms with Crippen molar-refractivity contribution in [3.63, 3.8) is 0 Å². The van der Waals surface area contributed by atoms with Crippen LogP contribution in [0.3, 0.4) is 0 Å². The Labute approximate surface area is 110 Å². The van der Waals surface area contributed by atoms with E-state index in [0.717, 1.165) is 55.1 Å². The van der Waals surface area contributed by atoms with E-state index in [1.807, 2.05) is 4.68 Å². The summed E-state index contributed by atoms with van der Waals surface area (Å²) in [4.78, 5) is 0. The molecule has 0 saturated heterocycles. The summed E-state index contributed by atoms with van der Waals surface area (Å²) in [5.74, 6) is 0.175. The van der Waals surface area contributed by atoms with E-state index in [1.54, 1.807) is 6.26 Å². The third kappa shape index (κ3) is 1.63. The van der Waals surface area contributed by atoms with Crippen molar-refractivity contribution in [2.75, 3.05) is 13.2 Å². The zero-order valence-corrected chi connectivity index (χ0v) is 10.6. The van der Waals surface area contributed by atoms with Gasteiger partial charge in [0.25, 0.3) is 0 Å². The Morgan fingerprint density at radius 3 is 3.37 bits per heavy atom. The molecule has 0 aliphatic carbocycles. The number of aliphatic hydroxyl groups is 1. The minimum Gasteiger partial charge on any atom is -0.396 e. The molecule has 100 valence electrons. The Morgan fingerprint density at radius 2 is 2.47 bits per heavy atom. The van der Waals surface area contributed by atoms with Gasteiger partial charge in [0.2, 0.25) is 0 Å². The molecule has 2 aliphatic rings. The Hall–Kier alpha value is -1.66. The van der Waals surface area contributed by atoms with Gasteiger partial charge in [0.05, 0.1) is 11.4 Å². The van der Waals surface area contributed by atoms with Gasteiger partial charge in [0.1, 0.15) is 12.0 Å². The first-order valence-electron chi connectivity index (χ1n) is 6.70. The molecule has 4 rings (SSSR count). The lowest BCUT2D eigenvalue weighted by molar-refractivity contribution is 0.207. The number of nitrogens with zero attached hydrogens (tertiary/aromatic N) is 3. The predicted molar refractivity (Wildman–Crippen MR) is 67.4 cm³/mol. The van der Waals surface area contributed by atoms with E-state index < -0.39 is 0 Å². The quantitative estimate of drug-likeness (QED) is 0.773. The molecule has 0 aromatic carbocycles. The lowest BCUT2D eigenvalue weighted by Crippen LogP contribution is -2.23. The van der Waals surface area contributed by atoms with E-state index >= 15 is 0 Å². The summed E-state index contributed by atoms with van der Waals surface area (Å²) in [5.41, 5.74) is 5.43. The van der Waals surface area contributed by atoms with Gasteiger partial charge in [-0.1, -0.05) is 5.16 Å². The van der Waals surface area contributed by atoms with Crippen molar-refractivity contribution in [1.29, 1.82) is 0 Å². The minimum atomic E-state index is 0.160. The monoisotopic (exact) mass is 260 g/mol. The second kappa shape index (κ2) is 4.18. The van der Waals surface area contributed by atoms with Crippen molar-refractivity contribution < 1.29 is 9.63 Å². The van der Waals surface area contributed by atoms with Crippen LogP contribution in [-0.4, -0.2) is 33.2 Å². The van der Waals surface area contributed by atoms with Gasteiger partial charge in [-0.25, -0.2) is 0 Å². The second-order valence-electron chi connectivity index (χ2n) is 5.32. The van der Waals surface area contributed by atoms with Crippen molar-refractivity contribution >= 4 is 0 Å². The SMILES string of the molecule is OCC1Cc2conc2-c2c3c(nn2C1)CCNC3. The van der Waals surface area contributed by atoms with Crippen molar-refractivity contribution in [2.45, 2.75) is 25.9 Å². The van der Waals surface area contributed by atoms with Gasteiger partial charge in [-0.2, -0.15) is 5.10 Å². The molecule has 0 bridgehead atoms. The zero-order valence-electron chi connectivity index (χ0n) is 10.6. The molecule has 0 spiro atoms. The highest BCUT2D eigenvalue weighted by molar-refractivity contribution is 5.64. The number of fused-ring (bicyclic) bond motifs is 5. The van der Waals surface area contributed by atoms with E-state index in [1.165, 1.54) is 5.56 Å². The van der Waals surface area contributed by atoms with Crippen LogP contribution in [-0.2, 0) is 25.9 Å². The number of aromatic nitrogens is 3. The third-order valence-electron chi connectivity index (χ3n) is 4.04. The van der Waals surface area contributed by atoms with Crippen LogP contribution in [0, 0.1) is 5.92 Å². The van der Waals surface area contributed by atoms with Crippen molar-refractivity contribution in [1.82, 2.24) is 20.3 Å². The number of hydrogen-bond donors (Lipinski definition) is 2. The largest absolute Gasteiger partial charge is 0.396 e. The van der Waals surface area contributed by atoms with Gasteiger partial charge in [0.15, 0.2) is 0 Å². The fraction of sp³-hybridized carbons (Fsp3) is 0.538. The normalized spacial score (nSPS) is 21.4. The first kappa shape index (κ1) is 11.2. The molecule has 2 aromatic heterocycles. The third-order valence-corrected chi connectivity index (χ3v) is 4.04. The van der Waals surface area contributed by atoms with Crippen molar-refractivity contribution in [2.24, 2.45) is 5.92 Å². The molecule has 19 heavy (non-hydrogen) atoms. The van der Waals surface area contributed by atoms with E-state index in [2.05, 4.69) is 10.5 Å². The summed E-state index contributed by atoms with van der Waals surface area (Å²) in [5, 5.41) is 21.8. The van der Waals surface area contributed by atoms with E-state index in [-0.39, 0.29) is 12.5 Å². The topological polar surface area (TPSA) is 76.1 Å². The summed E-state index contributed by atoms with van der Waals surface area (Å²) < 4.78 is 7.15. The molecule has 0 amide bonds. The molecule has 0 fully saturated rings. The maximum absolute atomic E-state index is 9.50. The van der Waals surface area contributed by atoms with Crippen LogP contribution in [0.15, 0.2) is 10.8 Å². The molecule has 1 atom stereocenters. The summed E-state index contributed by atoms with van der Waals surface area (Å²) in [6, 6.07) is 0. The standard InChI is InChI=1S/C13H16N4O2/c18-6-8-3-9-7-19-16-12(9)13-10-4-14-2-1-11(10)15-17(13)5-8/h7-8,14,18H,1-6H2. The van der Waals surface area contributed by atoms with Crippen molar-refractivity contribution in [3.8, 4) is 11.4 Å². The molecule has 1 unspecified atom stereocenters. The Balaban J connectivity index is 1.93. The molecular weight excluding hydrogens is 244 g/mol. The average Bonchev–Trinajstić information content (AvgIpc) is 2.98. The number of hydrogen-bond acceptors (Lipinski definition) is 5. The van der Waals surface area contributed by atoms with Crippen LogP contribution in [0.4, 0.5) is 0 Å². The van der Waals surface area contributed by atoms with Gasteiger partial charge in [-0.3, -0.25) is 4.68 Å². The van der Waals surface area contributed by atoms with E-state index in [9.17, 15) is 5.11 Å². The van der Waals surface area contributed by atoms with Gasteiger partial charge >= 0.3 is 0 Å². The molecule has 6 heteroatoms. The summed E-state index contributed by atoms with van der Waals surface area (Å²) in [6.07, 6.45) is 3.44.